The molecule has 0 aliphatic carbocycles. The van der Waals surface area contributed by atoms with E-state index >= 15 is 0 Å². The molecule has 0 fully saturated rings. The molecule has 0 atom stereocenters. The zero-order chi connectivity index (χ0) is 45.0. The molecule has 0 bridgehead atoms. The molecule has 0 amide bonds. The first-order valence-electron chi connectivity index (χ1n) is 26.0. The van der Waals surface area contributed by atoms with Gasteiger partial charge in [0.15, 0.2) is 0 Å². The van der Waals surface area contributed by atoms with Gasteiger partial charge in [-0.05, 0) is 98.1 Å². The molecule has 2 aromatic carbocycles. The van der Waals surface area contributed by atoms with Crippen molar-refractivity contribution in [3.63, 3.8) is 0 Å². The molecule has 0 N–H and O–H groups in total. The van der Waals surface area contributed by atoms with Gasteiger partial charge in [-0.15, -0.1) is 16.6 Å². The first kappa shape index (κ1) is 57.2. The molecule has 3 heteroatoms. The van der Waals surface area contributed by atoms with Crippen LogP contribution in [0.5, 0.6) is 0 Å². The Morgan fingerprint density at radius 2 is 1.00 bits per heavy atom. The molecule has 2 rings (SSSR count). The molecule has 0 aromatic heterocycles. The van der Waals surface area contributed by atoms with E-state index in [9.17, 15) is 5.53 Å². The van der Waals surface area contributed by atoms with Crippen molar-refractivity contribution in [2.75, 3.05) is 0 Å². The van der Waals surface area contributed by atoms with E-state index in [0.29, 0.717) is 0 Å². The third-order valence-electron chi connectivity index (χ3n) is 11.9. The first-order valence-corrected chi connectivity index (χ1v) is 27.4. The molecule has 62 heavy (non-hydrogen) atoms. The van der Waals surface area contributed by atoms with Gasteiger partial charge in [-0.2, -0.15) is 0 Å². The van der Waals surface area contributed by atoms with Gasteiger partial charge >= 0.3 is 44.9 Å². The summed E-state index contributed by atoms with van der Waals surface area (Å²) in [6.07, 6.45) is 42.9. The topological polar surface area (TPSA) is 36.4 Å². The minimum atomic E-state index is 0.872. The Morgan fingerprint density at radius 3 is 1.48 bits per heavy atom. The number of nitrogens with zero attached hydrogens (tertiary/aromatic N) is 2. The quantitative estimate of drug-likeness (QED) is 0.00955. The molecule has 0 unspecified atom stereocenters. The summed E-state index contributed by atoms with van der Waals surface area (Å²) >= 11 is 1.82. The number of rotatable bonds is 36. The summed E-state index contributed by atoms with van der Waals surface area (Å²) < 4.78 is 0. The molecular weight excluding hydrogens is 795 g/mol. The third-order valence-corrected chi connectivity index (χ3v) is 12.9. The predicted molar refractivity (Wildman–Crippen MR) is 273 cm³/mol. The van der Waals surface area contributed by atoms with Crippen molar-refractivity contribution in [3.05, 3.63) is 99.6 Å². The second kappa shape index (κ2) is 43.4. The Bertz CT molecular complexity index is 1570. The summed E-state index contributed by atoms with van der Waals surface area (Å²) in [5.74, 6) is 10.2. The summed E-state index contributed by atoms with van der Waals surface area (Å²) in [6.45, 7) is 13.3. The third kappa shape index (κ3) is 28.7. The van der Waals surface area contributed by atoms with Crippen LogP contribution in [0.3, 0.4) is 0 Å². The number of hydrogen-bond donors (Lipinski definition) is 0. The Hall–Kier alpha value is -2.87. The van der Waals surface area contributed by atoms with E-state index in [1.165, 1.54) is 173 Å². The fourth-order valence-electron chi connectivity index (χ4n) is 8.33. The van der Waals surface area contributed by atoms with E-state index in [-0.39, 0.29) is 0 Å². The average Bonchev–Trinajstić information content (AvgIpc) is 3.29. The maximum absolute atomic E-state index is 9.96. The van der Waals surface area contributed by atoms with Crippen molar-refractivity contribution < 1.29 is 19.2 Å². The van der Waals surface area contributed by atoms with Crippen molar-refractivity contribution in [1.82, 2.24) is 0 Å². The van der Waals surface area contributed by atoms with Crippen molar-refractivity contribution >= 4 is 11.4 Å². The van der Waals surface area contributed by atoms with Gasteiger partial charge in [0.2, 0.25) is 0 Å². The number of benzene rings is 2. The summed E-state index contributed by atoms with van der Waals surface area (Å²) in [7, 11) is 0. The van der Waals surface area contributed by atoms with Gasteiger partial charge < -0.3 is 5.53 Å². The minimum absolute atomic E-state index is 0.872. The molecule has 0 heterocycles. The second-order valence-corrected chi connectivity index (χ2v) is 19.0. The van der Waals surface area contributed by atoms with Crippen LogP contribution in [-0.4, -0.2) is 10.7 Å². The molecule has 350 valence electrons. The maximum atomic E-state index is 9.96. The normalized spacial score (nSPS) is 11.4. The van der Waals surface area contributed by atoms with Crippen LogP contribution in [0.1, 0.15) is 250 Å². The Balaban J connectivity index is 0.00000362. The van der Waals surface area contributed by atoms with Crippen LogP contribution in [-0.2, 0) is 27.3 Å². The standard InChI is InChI=1S/C55H84N2.2C2H5.Ni/c1-5-9-13-16-18-19-20-21-22-23-24-25-26-27-28-29-30-32-34-41-50-43-37-39-47-53(50)55(52-46-38-36-42-49(52)40-33-15-11-7-3)54(45-12-8-4)51(48-57-56)44-35-31-17-14-10-6-2;2*1-2;/h7,11,36-39,42-43,46-47H,5-6,8-10,12-29,31,33-35,40-41,44-45H2,1-4H3;2*1H2,2H3;. The Labute approximate surface area is 391 Å². The predicted octanol–water partition coefficient (Wildman–Crippen LogP) is 19.3. The van der Waals surface area contributed by atoms with Crippen LogP contribution in [0.15, 0.2) is 71.8 Å². The van der Waals surface area contributed by atoms with Crippen LogP contribution in [0.4, 0.5) is 0 Å². The van der Waals surface area contributed by atoms with Gasteiger partial charge in [-0.25, -0.2) is 0 Å². The fraction of sp³-hybridized carbons (Fsp3) is 0.661. The molecule has 0 radical (unpaired) electrons. The van der Waals surface area contributed by atoms with E-state index in [2.05, 4.69) is 125 Å². The molecule has 0 aliphatic rings. The van der Waals surface area contributed by atoms with E-state index in [4.69, 9.17) is 0 Å². The monoisotopic (exact) mass is 889 g/mol. The molecule has 0 aliphatic heterocycles. The van der Waals surface area contributed by atoms with Crippen molar-refractivity contribution in [2.24, 2.45) is 0 Å². The van der Waals surface area contributed by atoms with Crippen molar-refractivity contribution in [1.29, 1.82) is 0 Å². The summed E-state index contributed by atoms with van der Waals surface area (Å²) in [4.78, 5) is 3.56. The van der Waals surface area contributed by atoms with Crippen LogP contribution in [0.25, 0.3) is 11.1 Å². The zero-order valence-corrected chi connectivity index (χ0v) is 42.3. The molecule has 0 saturated carbocycles. The number of aryl methyl sites for hydroxylation is 2. The number of hydrogen-bond acceptors (Lipinski definition) is 0. The van der Waals surface area contributed by atoms with Crippen LogP contribution < -0.4 is 0 Å². The zero-order valence-electron chi connectivity index (χ0n) is 41.3. The van der Waals surface area contributed by atoms with E-state index in [0.717, 1.165) is 76.2 Å². The van der Waals surface area contributed by atoms with E-state index < -0.39 is 0 Å². The average molecular weight is 890 g/mol. The molecule has 0 spiro atoms. The summed E-state index contributed by atoms with van der Waals surface area (Å²) in [5.41, 5.74) is 19.0. The van der Waals surface area contributed by atoms with Gasteiger partial charge in [-0.3, -0.25) is 0 Å². The van der Waals surface area contributed by atoms with Gasteiger partial charge in [-0.1, -0.05) is 210 Å². The molecule has 0 saturated heterocycles. The fourth-order valence-corrected chi connectivity index (χ4v) is 8.82. The number of unbranched alkanes of at least 4 members (excludes halogenated alkanes) is 22. The van der Waals surface area contributed by atoms with Gasteiger partial charge in [0, 0.05) is 12.8 Å². The molecular formula is C59H94N2Ni. The SMILES string of the molecule is CC=CCCCc1ccccc1C(=C(CCCC)C(=C=[N+]=[N-])CCCCCCCC)c1ccccc1CCC#CCCCCCCCCCCCCCCCCC.C[CH2][Ni][CH2]C. The van der Waals surface area contributed by atoms with Gasteiger partial charge in [0.1, 0.15) is 0 Å². The van der Waals surface area contributed by atoms with Crippen molar-refractivity contribution in [2.45, 2.75) is 251 Å². The Morgan fingerprint density at radius 1 is 0.532 bits per heavy atom. The molecule has 2 nitrogen and oxygen atoms in total. The van der Waals surface area contributed by atoms with Gasteiger partial charge in [0.25, 0.3) is 0 Å². The summed E-state index contributed by atoms with van der Waals surface area (Å²) in [5, 5.41) is 2.56. The first-order chi connectivity index (χ1) is 30.6. The molecule has 2 aromatic rings. The van der Waals surface area contributed by atoms with E-state index in [1.807, 2.05) is 14.4 Å². The van der Waals surface area contributed by atoms with Crippen LogP contribution >= 0.6 is 0 Å². The second-order valence-electron chi connectivity index (χ2n) is 17.1. The van der Waals surface area contributed by atoms with Gasteiger partial charge in [0.05, 0.1) is 5.57 Å². The summed E-state index contributed by atoms with van der Waals surface area (Å²) in [6, 6.07) is 18.1. The Kier molecular flexibility index (Phi) is 40.0. The van der Waals surface area contributed by atoms with Crippen LogP contribution in [0.2, 0.25) is 10.8 Å². The van der Waals surface area contributed by atoms with E-state index in [1.54, 1.807) is 0 Å². The number of allylic oxidation sites excluding steroid dienone is 4. The van der Waals surface area contributed by atoms with Crippen LogP contribution in [0, 0.1) is 11.8 Å². The van der Waals surface area contributed by atoms with Crippen molar-refractivity contribution in [3.8, 4) is 11.8 Å².